The lowest BCUT2D eigenvalue weighted by Crippen LogP contribution is -2.21. The summed E-state index contributed by atoms with van der Waals surface area (Å²) in [6.45, 7) is 0. The second-order valence-electron chi connectivity index (χ2n) is 1.38. The number of thioether (sulfide) groups is 1. The van der Waals surface area contributed by atoms with E-state index in [2.05, 4.69) is 15.7 Å². The van der Waals surface area contributed by atoms with Gasteiger partial charge in [-0.2, -0.15) is 0 Å². The van der Waals surface area contributed by atoms with Gasteiger partial charge >= 0.3 is 6.09 Å². The number of nitrogens with two attached hydrogens (primary N) is 2. The molecule has 0 spiro atoms. The van der Waals surface area contributed by atoms with Crippen LogP contribution in [0.2, 0.25) is 0 Å². The van der Waals surface area contributed by atoms with Gasteiger partial charge in [-0.3, -0.25) is 9.63 Å². The molecule has 0 fully saturated rings. The Hall–Kier alpha value is -1.24. The molecule has 62 valence electrons. The number of rotatable bonds is 1. The van der Waals surface area contributed by atoms with Crippen LogP contribution in [0, 0.1) is 0 Å². The smallest absolute Gasteiger partial charge is 0.364 e. The Kier molecular flexibility index (Phi) is 4.04. The lowest BCUT2D eigenvalue weighted by Gasteiger charge is -1.94. The summed E-state index contributed by atoms with van der Waals surface area (Å²) >= 11 is 0.963. The van der Waals surface area contributed by atoms with Crippen LogP contribution >= 0.6 is 11.8 Å². The molecule has 0 bridgehead atoms. The fourth-order valence-electron chi connectivity index (χ4n) is 0.269. The van der Waals surface area contributed by atoms with Gasteiger partial charge in [0.1, 0.15) is 0 Å². The molecule has 0 atom stereocenters. The number of hydrogen-bond donors (Lipinski definition) is 2. The van der Waals surface area contributed by atoms with Gasteiger partial charge in [0, 0.05) is 0 Å². The van der Waals surface area contributed by atoms with Gasteiger partial charge < -0.3 is 11.5 Å². The zero-order chi connectivity index (χ0) is 8.85. The van der Waals surface area contributed by atoms with Crippen molar-refractivity contribution >= 4 is 28.8 Å². The van der Waals surface area contributed by atoms with Gasteiger partial charge in [0.25, 0.3) is 5.91 Å². The fourth-order valence-corrected chi connectivity index (χ4v) is 0.582. The first-order valence-electron chi connectivity index (χ1n) is 2.46. The maximum atomic E-state index is 10.4. The third-order valence-corrected chi connectivity index (χ3v) is 1.29. The van der Waals surface area contributed by atoms with E-state index < -0.39 is 12.0 Å². The quantitative estimate of drug-likeness (QED) is 0.237. The van der Waals surface area contributed by atoms with E-state index in [9.17, 15) is 9.59 Å². The van der Waals surface area contributed by atoms with E-state index in [0.717, 1.165) is 11.8 Å². The van der Waals surface area contributed by atoms with Gasteiger partial charge in [-0.25, -0.2) is 4.79 Å². The molecular weight excluding hydrogens is 170 g/mol. The van der Waals surface area contributed by atoms with Crippen LogP contribution in [0.15, 0.2) is 5.16 Å². The Morgan fingerprint density at radius 1 is 1.45 bits per heavy atom. The predicted octanol–water partition coefficient (Wildman–Crippen LogP) is -0.756. The molecule has 0 unspecified atom stereocenters. The van der Waals surface area contributed by atoms with E-state index in [-0.39, 0.29) is 5.04 Å². The summed E-state index contributed by atoms with van der Waals surface area (Å²) < 4.78 is 0. The Labute approximate surface area is 66.9 Å². The number of carbonyl (C=O) groups excluding carboxylic acids is 2. The third-order valence-electron chi connectivity index (χ3n) is 0.623. The number of amides is 2. The minimum atomic E-state index is -1.09. The molecule has 4 N–H and O–H groups in total. The molecule has 0 aromatic carbocycles. The second kappa shape index (κ2) is 4.56. The highest BCUT2D eigenvalue weighted by Crippen LogP contribution is 1.97. The van der Waals surface area contributed by atoms with Crippen molar-refractivity contribution in [3.63, 3.8) is 0 Å². The Morgan fingerprint density at radius 3 is 2.27 bits per heavy atom. The Balaban J connectivity index is 4.13. The van der Waals surface area contributed by atoms with E-state index in [4.69, 9.17) is 5.73 Å². The van der Waals surface area contributed by atoms with Gasteiger partial charge in [0.15, 0.2) is 0 Å². The topological polar surface area (TPSA) is 108 Å². The third kappa shape index (κ3) is 4.20. The average Bonchev–Trinajstić information content (AvgIpc) is 1.87. The van der Waals surface area contributed by atoms with Crippen molar-refractivity contribution in [1.29, 1.82) is 0 Å². The molecule has 0 aliphatic rings. The first-order chi connectivity index (χ1) is 5.07. The molecule has 0 radical (unpaired) electrons. The van der Waals surface area contributed by atoms with Crippen LogP contribution in [0.4, 0.5) is 4.79 Å². The van der Waals surface area contributed by atoms with Crippen LogP contribution < -0.4 is 11.5 Å². The van der Waals surface area contributed by atoms with Crippen molar-refractivity contribution in [3.05, 3.63) is 0 Å². The first kappa shape index (κ1) is 9.76. The van der Waals surface area contributed by atoms with Crippen LogP contribution in [0.5, 0.6) is 0 Å². The van der Waals surface area contributed by atoms with Crippen LogP contribution in [-0.4, -0.2) is 23.3 Å². The van der Waals surface area contributed by atoms with Crippen molar-refractivity contribution in [2.24, 2.45) is 16.6 Å². The zero-order valence-corrected chi connectivity index (χ0v) is 6.55. The summed E-state index contributed by atoms with van der Waals surface area (Å²) in [6.07, 6.45) is 0.478. The molecule has 7 heteroatoms. The minimum absolute atomic E-state index is 0.108. The van der Waals surface area contributed by atoms with Crippen LogP contribution in [0.25, 0.3) is 0 Å². The first-order valence-corrected chi connectivity index (χ1v) is 3.68. The van der Waals surface area contributed by atoms with Crippen molar-refractivity contribution in [2.45, 2.75) is 0 Å². The van der Waals surface area contributed by atoms with E-state index >= 15 is 0 Å². The van der Waals surface area contributed by atoms with Crippen molar-refractivity contribution in [2.75, 3.05) is 6.26 Å². The molecule has 2 amide bonds. The minimum Gasteiger partial charge on any atom is -0.364 e. The maximum Gasteiger partial charge on any atom is 0.430 e. The molecule has 0 aromatic heterocycles. The highest BCUT2D eigenvalue weighted by Gasteiger charge is 2.05. The number of carbonyl (C=O) groups is 2. The molecule has 0 saturated heterocycles. The maximum absolute atomic E-state index is 10.4. The van der Waals surface area contributed by atoms with E-state index in [1.807, 2.05) is 0 Å². The highest BCUT2D eigenvalue weighted by molar-refractivity contribution is 8.15. The van der Waals surface area contributed by atoms with Crippen molar-refractivity contribution in [1.82, 2.24) is 0 Å². The lowest BCUT2D eigenvalue weighted by molar-refractivity contribution is -0.111. The molecule has 11 heavy (non-hydrogen) atoms. The standard InChI is InChI=1S/C4H7N3O3S/c1-11-3(2(5)8)7-10-4(6)9/h1H3,(H2,5,8)(H2,6,9). The fraction of sp³-hybridized carbons (Fsp3) is 0.250. The number of primary amides is 2. The molecule has 0 aliphatic carbocycles. The van der Waals surface area contributed by atoms with Gasteiger partial charge in [0.05, 0.1) is 0 Å². The Morgan fingerprint density at radius 2 is 2.00 bits per heavy atom. The van der Waals surface area contributed by atoms with Gasteiger partial charge in [-0.05, 0) is 6.26 Å². The number of oxime groups is 1. The van der Waals surface area contributed by atoms with Gasteiger partial charge in [0.2, 0.25) is 5.04 Å². The molecule has 0 saturated carbocycles. The normalized spacial score (nSPS) is 10.8. The molecule has 6 nitrogen and oxygen atoms in total. The summed E-state index contributed by atoms with van der Waals surface area (Å²) in [6, 6.07) is 0. The highest BCUT2D eigenvalue weighted by atomic mass is 32.2. The summed E-state index contributed by atoms with van der Waals surface area (Å²) in [5.74, 6) is -0.765. The van der Waals surface area contributed by atoms with E-state index in [0.29, 0.717) is 0 Å². The molecule has 0 rings (SSSR count). The van der Waals surface area contributed by atoms with Crippen LogP contribution in [0.1, 0.15) is 0 Å². The van der Waals surface area contributed by atoms with E-state index in [1.54, 1.807) is 6.26 Å². The van der Waals surface area contributed by atoms with Crippen LogP contribution in [-0.2, 0) is 9.63 Å². The summed E-state index contributed by atoms with van der Waals surface area (Å²) in [5, 5.41) is 2.96. The average molecular weight is 177 g/mol. The van der Waals surface area contributed by atoms with Crippen molar-refractivity contribution in [3.8, 4) is 0 Å². The number of nitrogens with zero attached hydrogens (tertiary/aromatic N) is 1. The summed E-state index contributed by atoms with van der Waals surface area (Å²) in [7, 11) is 0. The second-order valence-corrected chi connectivity index (χ2v) is 2.17. The summed E-state index contributed by atoms with van der Waals surface area (Å²) in [5.41, 5.74) is 9.38. The van der Waals surface area contributed by atoms with Crippen LogP contribution in [0.3, 0.4) is 0 Å². The molecule has 0 heterocycles. The molecule has 0 aromatic rings. The lowest BCUT2D eigenvalue weighted by atomic mass is 10.7. The predicted molar refractivity (Wildman–Crippen MR) is 40.8 cm³/mol. The SMILES string of the molecule is CSC(=NOC(N)=O)C(N)=O. The number of hydrogen-bond acceptors (Lipinski definition) is 5. The largest absolute Gasteiger partial charge is 0.430 e. The zero-order valence-electron chi connectivity index (χ0n) is 5.73. The molecular formula is C4H7N3O3S. The van der Waals surface area contributed by atoms with Crippen molar-refractivity contribution < 1.29 is 14.4 Å². The molecule has 0 aliphatic heterocycles. The Bertz CT molecular complexity index is 203. The summed E-state index contributed by atoms with van der Waals surface area (Å²) in [4.78, 5) is 24.3. The van der Waals surface area contributed by atoms with Gasteiger partial charge in [-0.15, -0.1) is 11.8 Å². The monoisotopic (exact) mass is 177 g/mol. The van der Waals surface area contributed by atoms with E-state index in [1.165, 1.54) is 0 Å². The van der Waals surface area contributed by atoms with Gasteiger partial charge in [-0.1, -0.05) is 5.16 Å².